The van der Waals surface area contributed by atoms with Crippen molar-refractivity contribution in [3.63, 3.8) is 0 Å². The molecule has 1 fully saturated rings. The van der Waals surface area contributed by atoms with E-state index >= 15 is 0 Å². The maximum atomic E-state index is 12.4. The van der Waals surface area contributed by atoms with Crippen LogP contribution in [0, 0.1) is 5.92 Å². The van der Waals surface area contributed by atoms with E-state index < -0.39 is 0 Å². The summed E-state index contributed by atoms with van der Waals surface area (Å²) in [6.45, 7) is 4.32. The van der Waals surface area contributed by atoms with E-state index in [1.165, 1.54) is 12.8 Å². The van der Waals surface area contributed by atoms with Gasteiger partial charge in [-0.2, -0.15) is 4.52 Å². The van der Waals surface area contributed by atoms with E-state index in [-0.39, 0.29) is 12.3 Å². The Hall–Kier alpha value is -3.16. The largest absolute Gasteiger partial charge is 0.495 e. The van der Waals surface area contributed by atoms with Crippen molar-refractivity contribution in [3.05, 3.63) is 42.2 Å². The molecule has 152 valence electrons. The van der Waals surface area contributed by atoms with Gasteiger partial charge in [0.05, 0.1) is 12.8 Å². The maximum Gasteiger partial charge on any atom is 0.224 e. The highest BCUT2D eigenvalue weighted by Gasteiger charge is 2.18. The molecule has 1 N–H and O–H groups in total. The third-order valence-electron chi connectivity index (χ3n) is 5.38. The molecule has 1 aromatic carbocycles. The Morgan fingerprint density at radius 3 is 2.76 bits per heavy atom. The number of aryl methyl sites for hydroxylation is 1. The summed E-state index contributed by atoms with van der Waals surface area (Å²) in [7, 11) is 1.58. The van der Waals surface area contributed by atoms with Crippen molar-refractivity contribution in [2.45, 2.75) is 32.6 Å². The molecule has 0 aliphatic carbocycles. The molecule has 8 nitrogen and oxygen atoms in total. The first-order valence-electron chi connectivity index (χ1n) is 10.0. The molecule has 0 atom stereocenters. The Kier molecular flexibility index (Phi) is 5.59. The van der Waals surface area contributed by atoms with Gasteiger partial charge in [0.15, 0.2) is 11.5 Å². The molecule has 0 spiro atoms. The number of piperidine rings is 1. The van der Waals surface area contributed by atoms with Gasteiger partial charge in [0.25, 0.3) is 0 Å². The van der Waals surface area contributed by atoms with Crippen LogP contribution < -0.4 is 15.0 Å². The van der Waals surface area contributed by atoms with Crippen LogP contribution in [0.3, 0.4) is 0 Å². The number of aromatic nitrogens is 4. The van der Waals surface area contributed by atoms with Crippen LogP contribution in [-0.2, 0) is 11.2 Å². The van der Waals surface area contributed by atoms with Gasteiger partial charge in [0, 0.05) is 25.9 Å². The van der Waals surface area contributed by atoms with Gasteiger partial charge in [0.2, 0.25) is 5.91 Å². The van der Waals surface area contributed by atoms with Crippen LogP contribution >= 0.6 is 0 Å². The van der Waals surface area contributed by atoms with Gasteiger partial charge in [-0.25, -0.2) is 0 Å². The van der Waals surface area contributed by atoms with Gasteiger partial charge in [-0.3, -0.25) is 4.79 Å². The number of benzene rings is 1. The van der Waals surface area contributed by atoms with Gasteiger partial charge in [-0.1, -0.05) is 19.1 Å². The Morgan fingerprint density at radius 1 is 1.17 bits per heavy atom. The van der Waals surface area contributed by atoms with Crippen molar-refractivity contribution in [2.24, 2.45) is 5.92 Å². The normalized spacial score (nSPS) is 14.9. The molecule has 4 rings (SSSR count). The zero-order chi connectivity index (χ0) is 20.2. The Bertz CT molecular complexity index is 994. The van der Waals surface area contributed by atoms with Crippen LogP contribution in [0.2, 0.25) is 0 Å². The highest BCUT2D eigenvalue weighted by atomic mass is 16.5. The molecule has 8 heteroatoms. The van der Waals surface area contributed by atoms with Crippen molar-refractivity contribution in [1.82, 2.24) is 19.8 Å². The molecule has 1 amide bonds. The van der Waals surface area contributed by atoms with Crippen molar-refractivity contribution in [3.8, 4) is 5.75 Å². The average molecular weight is 394 g/mol. The molecule has 2 aromatic heterocycles. The molecular weight excluding hydrogens is 368 g/mol. The van der Waals surface area contributed by atoms with Crippen LogP contribution in [-0.4, -0.2) is 45.9 Å². The van der Waals surface area contributed by atoms with E-state index in [1.807, 2.05) is 36.4 Å². The van der Waals surface area contributed by atoms with Crippen LogP contribution in [0.25, 0.3) is 5.65 Å². The lowest BCUT2D eigenvalue weighted by Gasteiger charge is -2.30. The molecule has 3 heterocycles. The van der Waals surface area contributed by atoms with E-state index in [9.17, 15) is 4.79 Å². The maximum absolute atomic E-state index is 12.4. The van der Waals surface area contributed by atoms with Crippen molar-refractivity contribution in [1.29, 1.82) is 0 Å². The number of carbonyl (C=O) groups excluding carboxylic acids is 1. The molecule has 1 saturated heterocycles. The zero-order valence-electron chi connectivity index (χ0n) is 16.8. The summed E-state index contributed by atoms with van der Waals surface area (Å²) in [6, 6.07) is 11.3. The number of methoxy groups -OCH3 is 1. The predicted molar refractivity (Wildman–Crippen MR) is 111 cm³/mol. The summed E-state index contributed by atoms with van der Waals surface area (Å²) in [4.78, 5) is 14.7. The molecule has 3 aromatic rings. The number of anilines is 2. The number of fused-ring (bicyclic) bond motifs is 1. The van der Waals surface area contributed by atoms with E-state index in [0.717, 1.165) is 24.8 Å². The first kappa shape index (κ1) is 19.2. The summed E-state index contributed by atoms with van der Waals surface area (Å²) in [6.07, 6.45) is 3.09. The Morgan fingerprint density at radius 2 is 1.97 bits per heavy atom. The minimum Gasteiger partial charge on any atom is -0.495 e. The first-order valence-corrected chi connectivity index (χ1v) is 10.0. The quantitative estimate of drug-likeness (QED) is 0.692. The van der Waals surface area contributed by atoms with Crippen LogP contribution in [0.4, 0.5) is 11.5 Å². The molecule has 1 aliphatic rings. The summed E-state index contributed by atoms with van der Waals surface area (Å²) in [5.74, 6) is 2.91. The summed E-state index contributed by atoms with van der Waals surface area (Å²) in [5, 5.41) is 16.0. The van der Waals surface area contributed by atoms with Crippen LogP contribution in [0.5, 0.6) is 5.75 Å². The van der Waals surface area contributed by atoms with Gasteiger partial charge in [0.1, 0.15) is 11.6 Å². The Balaban J connectivity index is 1.44. The number of ether oxygens (including phenoxy) is 1. The monoisotopic (exact) mass is 394 g/mol. The number of rotatable bonds is 6. The molecule has 0 radical (unpaired) electrons. The Labute approximate surface area is 169 Å². The molecule has 0 bridgehead atoms. The van der Waals surface area contributed by atoms with Crippen LogP contribution in [0.1, 0.15) is 32.0 Å². The summed E-state index contributed by atoms with van der Waals surface area (Å²) in [5.41, 5.74) is 1.35. The highest BCUT2D eigenvalue weighted by molar-refractivity contribution is 5.92. The number of para-hydroxylation sites is 2. The van der Waals surface area contributed by atoms with Gasteiger partial charge in [-0.05, 0) is 43.0 Å². The number of hydrogen-bond acceptors (Lipinski definition) is 6. The topological polar surface area (TPSA) is 84.6 Å². The van der Waals surface area contributed by atoms with Crippen LogP contribution in [0.15, 0.2) is 36.4 Å². The van der Waals surface area contributed by atoms with Crippen molar-refractivity contribution < 1.29 is 9.53 Å². The fraction of sp³-hybridized carbons (Fsp3) is 0.429. The van der Waals surface area contributed by atoms with Gasteiger partial charge in [-0.15, -0.1) is 15.3 Å². The molecule has 0 unspecified atom stereocenters. The van der Waals surface area contributed by atoms with E-state index in [2.05, 4.69) is 27.3 Å². The molecule has 1 aliphatic heterocycles. The van der Waals surface area contributed by atoms with Gasteiger partial charge < -0.3 is 15.0 Å². The number of nitrogens with one attached hydrogen (secondary N) is 1. The third kappa shape index (κ3) is 4.31. The fourth-order valence-corrected chi connectivity index (χ4v) is 3.57. The summed E-state index contributed by atoms with van der Waals surface area (Å²) < 4.78 is 7.03. The van der Waals surface area contributed by atoms with E-state index in [4.69, 9.17) is 9.84 Å². The number of carbonyl (C=O) groups is 1. The summed E-state index contributed by atoms with van der Waals surface area (Å²) >= 11 is 0. The van der Waals surface area contributed by atoms with E-state index in [0.29, 0.717) is 29.3 Å². The lowest BCUT2D eigenvalue weighted by molar-refractivity contribution is -0.116. The standard InChI is InChI=1S/C21H26N6O2/c1-15-11-13-26(14-12-15)20-8-7-18-23-24-19(27(18)25-20)9-10-21(28)22-16-5-3-4-6-17(16)29-2/h3-8,15H,9-14H2,1-2H3,(H,22,28). The minimum absolute atomic E-state index is 0.104. The molecular formula is C21H26N6O2. The van der Waals surface area contributed by atoms with Gasteiger partial charge >= 0.3 is 0 Å². The second-order valence-electron chi connectivity index (χ2n) is 7.50. The highest BCUT2D eigenvalue weighted by Crippen LogP contribution is 2.24. The van der Waals surface area contributed by atoms with Crippen molar-refractivity contribution >= 4 is 23.1 Å². The fourth-order valence-electron chi connectivity index (χ4n) is 3.57. The first-order chi connectivity index (χ1) is 14.1. The SMILES string of the molecule is COc1ccccc1NC(=O)CCc1nnc2ccc(N3CCC(C)CC3)nn12. The predicted octanol–water partition coefficient (Wildman–Crippen LogP) is 2.94. The number of nitrogens with zero attached hydrogens (tertiary/aromatic N) is 5. The van der Waals surface area contributed by atoms with E-state index in [1.54, 1.807) is 11.6 Å². The second kappa shape index (κ2) is 8.46. The lowest BCUT2D eigenvalue weighted by Crippen LogP contribution is -2.33. The number of amides is 1. The zero-order valence-corrected chi connectivity index (χ0v) is 16.8. The molecule has 0 saturated carbocycles. The third-order valence-corrected chi connectivity index (χ3v) is 5.38. The molecule has 29 heavy (non-hydrogen) atoms. The average Bonchev–Trinajstić information content (AvgIpc) is 3.15. The van der Waals surface area contributed by atoms with Crippen molar-refractivity contribution in [2.75, 3.05) is 30.4 Å². The second-order valence-corrected chi connectivity index (χ2v) is 7.50. The number of hydrogen-bond donors (Lipinski definition) is 1. The smallest absolute Gasteiger partial charge is 0.224 e. The lowest BCUT2D eigenvalue weighted by atomic mass is 9.99. The minimum atomic E-state index is -0.104.